The van der Waals surface area contributed by atoms with Crippen molar-refractivity contribution in [3.63, 3.8) is 0 Å². The number of hydrogen-bond acceptors (Lipinski definition) is 4. The molecule has 1 amide bonds. The fourth-order valence-electron chi connectivity index (χ4n) is 5.99. The first-order valence-corrected chi connectivity index (χ1v) is 13.4. The number of ketones is 1. The number of carboxylic acids is 1. The second kappa shape index (κ2) is 12.6. The van der Waals surface area contributed by atoms with E-state index in [1.807, 2.05) is 18.2 Å². The Bertz CT molecular complexity index is 1160. The molecule has 2 atom stereocenters. The van der Waals surface area contributed by atoms with Crippen molar-refractivity contribution >= 4 is 17.7 Å². The lowest BCUT2D eigenvalue weighted by Crippen LogP contribution is -2.37. The van der Waals surface area contributed by atoms with Gasteiger partial charge >= 0.3 is 12.1 Å². The molecule has 39 heavy (non-hydrogen) atoms. The van der Waals surface area contributed by atoms with Crippen LogP contribution >= 0.6 is 0 Å². The van der Waals surface area contributed by atoms with Crippen molar-refractivity contribution in [2.24, 2.45) is 5.92 Å². The van der Waals surface area contributed by atoms with Crippen LogP contribution in [0.1, 0.15) is 78.5 Å². The highest BCUT2D eigenvalue weighted by Crippen LogP contribution is 2.53. The summed E-state index contributed by atoms with van der Waals surface area (Å²) in [5, 5.41) is 10.2. The Morgan fingerprint density at radius 1 is 0.846 bits per heavy atom. The van der Waals surface area contributed by atoms with E-state index < -0.39 is 12.1 Å². The molecule has 1 aliphatic carbocycles. The lowest BCUT2D eigenvalue weighted by Gasteiger charge is -2.31. The Balaban J connectivity index is 0.000000448. The minimum Gasteiger partial charge on any atom is -0.475 e. The third-order valence-corrected chi connectivity index (χ3v) is 7.90. The van der Waals surface area contributed by atoms with E-state index in [1.165, 1.54) is 50.8 Å². The first-order valence-electron chi connectivity index (χ1n) is 13.4. The van der Waals surface area contributed by atoms with Gasteiger partial charge in [-0.25, -0.2) is 4.79 Å². The lowest BCUT2D eigenvalue weighted by atomic mass is 9.84. The Morgan fingerprint density at radius 3 is 1.92 bits per heavy atom. The normalized spacial score (nSPS) is 24.1. The topological polar surface area (TPSA) is 86.7 Å². The number of aliphatic carboxylic acids is 1. The van der Waals surface area contributed by atoms with Gasteiger partial charge in [-0.1, -0.05) is 54.6 Å². The molecule has 5 rings (SSSR count). The van der Waals surface area contributed by atoms with Crippen LogP contribution in [0, 0.1) is 5.92 Å². The molecule has 1 saturated carbocycles. The molecule has 2 heterocycles. The van der Waals surface area contributed by atoms with E-state index in [2.05, 4.69) is 34.5 Å². The van der Waals surface area contributed by atoms with Crippen molar-refractivity contribution < 1.29 is 32.7 Å². The zero-order valence-corrected chi connectivity index (χ0v) is 21.6. The molecule has 9 heteroatoms. The van der Waals surface area contributed by atoms with E-state index in [-0.39, 0.29) is 17.7 Å². The third-order valence-electron chi connectivity index (χ3n) is 7.90. The molecule has 0 aromatic heterocycles. The van der Waals surface area contributed by atoms with Crippen LogP contribution < -0.4 is 5.32 Å². The summed E-state index contributed by atoms with van der Waals surface area (Å²) in [5.41, 5.74) is 3.73. The average molecular weight is 543 g/mol. The first kappa shape index (κ1) is 28.5. The highest BCUT2D eigenvalue weighted by atomic mass is 19.4. The van der Waals surface area contributed by atoms with Crippen LogP contribution in [0.2, 0.25) is 0 Å². The van der Waals surface area contributed by atoms with Crippen LogP contribution in [-0.2, 0) is 9.59 Å². The summed E-state index contributed by atoms with van der Waals surface area (Å²) in [7, 11) is 0. The monoisotopic (exact) mass is 542 g/mol. The molecule has 6 nitrogen and oxygen atoms in total. The number of nitrogens with one attached hydrogen (secondary N) is 1. The van der Waals surface area contributed by atoms with Crippen LogP contribution in [-0.4, -0.2) is 46.4 Å². The number of nitrogens with zero attached hydrogens (tertiary/aromatic N) is 1. The van der Waals surface area contributed by atoms with E-state index in [1.54, 1.807) is 23.3 Å². The molecular formula is C30H33F3N2O4. The van der Waals surface area contributed by atoms with Crippen molar-refractivity contribution in [1.29, 1.82) is 0 Å². The number of allylic oxidation sites excluding steroid dienone is 1. The molecule has 0 radical (unpaired) electrons. The fourth-order valence-corrected chi connectivity index (χ4v) is 5.99. The number of carbonyl (C=O) groups excluding carboxylic acids is 2. The molecule has 208 valence electrons. The first-order chi connectivity index (χ1) is 18.6. The van der Waals surface area contributed by atoms with Crippen molar-refractivity contribution in [1.82, 2.24) is 10.2 Å². The number of amides is 1. The molecule has 2 bridgehead atoms. The highest BCUT2D eigenvalue weighted by molar-refractivity contribution is 6.07. The summed E-state index contributed by atoms with van der Waals surface area (Å²) in [6, 6.07) is 19.6. The van der Waals surface area contributed by atoms with Crippen LogP contribution in [0.15, 0.2) is 66.7 Å². The number of hydrogen-bond donors (Lipinski definition) is 2. The van der Waals surface area contributed by atoms with Crippen LogP contribution in [0.5, 0.6) is 0 Å². The molecule has 0 spiro atoms. The molecule has 2 aromatic carbocycles. The largest absolute Gasteiger partial charge is 0.490 e. The zero-order chi connectivity index (χ0) is 28.0. The summed E-state index contributed by atoms with van der Waals surface area (Å²) in [4.78, 5) is 36.0. The number of carboxylic acid groups (broad SMARTS) is 1. The molecule has 2 fully saturated rings. The number of alkyl halides is 3. The standard InChI is InChI=1S/C28H32N2O2.C2HF3O2/c31-27(21-6-2-1-3-7-21)16-17-28(32)29-22-12-10-20(11-13-22)18-19-30-25-14-15-26(30)24-9-5-4-8-23(24)25;3-2(4,5)1(6)7/h1-9,16-17,20,22,25-26H,10-15,18-19H2,(H,29,32);(H,6,7)/t20?,22?,25-,26+;. The number of carbonyl (C=O) groups is 3. The molecule has 1 saturated heterocycles. The van der Waals surface area contributed by atoms with Gasteiger partial charge in [0.05, 0.1) is 0 Å². The Hall–Kier alpha value is -3.46. The van der Waals surface area contributed by atoms with Crippen molar-refractivity contribution in [2.45, 2.75) is 69.2 Å². The smallest absolute Gasteiger partial charge is 0.475 e. The Kier molecular flexibility index (Phi) is 9.22. The maximum Gasteiger partial charge on any atom is 0.490 e. The zero-order valence-electron chi connectivity index (χ0n) is 21.6. The van der Waals surface area contributed by atoms with Gasteiger partial charge in [0.1, 0.15) is 0 Å². The second-order valence-corrected chi connectivity index (χ2v) is 10.4. The maximum atomic E-state index is 12.3. The van der Waals surface area contributed by atoms with Crippen LogP contribution in [0.3, 0.4) is 0 Å². The quantitative estimate of drug-likeness (QED) is 0.330. The van der Waals surface area contributed by atoms with E-state index in [4.69, 9.17) is 9.90 Å². The van der Waals surface area contributed by atoms with Crippen LogP contribution in [0.4, 0.5) is 13.2 Å². The summed E-state index contributed by atoms with van der Waals surface area (Å²) >= 11 is 0. The lowest BCUT2D eigenvalue weighted by molar-refractivity contribution is -0.192. The van der Waals surface area contributed by atoms with Gasteiger partial charge < -0.3 is 10.4 Å². The van der Waals surface area contributed by atoms with Crippen LogP contribution in [0.25, 0.3) is 0 Å². The Labute approximate surface area is 225 Å². The summed E-state index contributed by atoms with van der Waals surface area (Å²) in [6.45, 7) is 1.19. The molecule has 2 N–H and O–H groups in total. The maximum absolute atomic E-state index is 12.3. The van der Waals surface area contributed by atoms with Gasteiger partial charge in [0.15, 0.2) is 5.78 Å². The van der Waals surface area contributed by atoms with Gasteiger partial charge in [-0.05, 0) is 74.6 Å². The predicted molar refractivity (Wildman–Crippen MR) is 140 cm³/mol. The minimum absolute atomic E-state index is 0.137. The predicted octanol–water partition coefficient (Wildman–Crippen LogP) is 6.02. The van der Waals surface area contributed by atoms with Gasteiger partial charge in [0.25, 0.3) is 0 Å². The highest BCUT2D eigenvalue weighted by Gasteiger charge is 2.43. The van der Waals surface area contributed by atoms with Crippen molar-refractivity contribution in [2.75, 3.05) is 6.54 Å². The van der Waals surface area contributed by atoms with Crippen molar-refractivity contribution in [3.8, 4) is 0 Å². The van der Waals surface area contributed by atoms with Gasteiger partial charge in [0.2, 0.25) is 5.91 Å². The Morgan fingerprint density at radius 2 is 1.38 bits per heavy atom. The molecule has 3 aliphatic rings. The van der Waals surface area contributed by atoms with Crippen molar-refractivity contribution in [3.05, 3.63) is 83.4 Å². The minimum atomic E-state index is -5.08. The van der Waals surface area contributed by atoms with E-state index >= 15 is 0 Å². The van der Waals surface area contributed by atoms with E-state index in [0.29, 0.717) is 17.6 Å². The number of halogens is 3. The second-order valence-electron chi connectivity index (χ2n) is 10.4. The molecule has 2 aromatic rings. The number of benzene rings is 2. The average Bonchev–Trinajstić information content (AvgIpc) is 3.48. The number of fused-ring (bicyclic) bond motifs is 5. The molecular weight excluding hydrogens is 509 g/mol. The van der Waals surface area contributed by atoms with Gasteiger partial charge in [-0.2, -0.15) is 13.2 Å². The SMILES string of the molecule is O=C(C=CC(=O)c1ccccc1)NC1CCC(CCN2[C@@H]3CC[C@H]2c2ccccc23)CC1.O=C(O)C(F)(F)F. The molecule has 2 aliphatic heterocycles. The van der Waals surface area contributed by atoms with E-state index in [9.17, 15) is 22.8 Å². The van der Waals surface area contributed by atoms with Gasteiger partial charge in [-0.15, -0.1) is 0 Å². The van der Waals surface area contributed by atoms with E-state index in [0.717, 1.165) is 18.8 Å². The summed E-state index contributed by atoms with van der Waals surface area (Å²) < 4.78 is 31.7. The third kappa shape index (κ3) is 7.35. The fraction of sp³-hybridized carbons (Fsp3) is 0.433. The summed E-state index contributed by atoms with van der Waals surface area (Å²) in [6.07, 6.45) is 5.95. The number of rotatable bonds is 7. The van der Waals surface area contributed by atoms with Gasteiger partial charge in [-0.3, -0.25) is 14.5 Å². The van der Waals surface area contributed by atoms with Gasteiger partial charge in [0, 0.05) is 29.8 Å². The summed E-state index contributed by atoms with van der Waals surface area (Å²) in [5.74, 6) is -2.31. The molecule has 0 unspecified atom stereocenters.